The van der Waals surface area contributed by atoms with Crippen molar-refractivity contribution in [3.8, 4) is 11.5 Å². The van der Waals surface area contributed by atoms with Gasteiger partial charge in [-0.05, 0) is 48.4 Å². The molecule has 1 aromatic heterocycles. The average molecular weight is 504 g/mol. The van der Waals surface area contributed by atoms with E-state index in [2.05, 4.69) is 31.4 Å². The summed E-state index contributed by atoms with van der Waals surface area (Å²) in [5.74, 6) is 0.975. The van der Waals surface area contributed by atoms with Gasteiger partial charge in [0.2, 0.25) is 5.13 Å². The van der Waals surface area contributed by atoms with Gasteiger partial charge in [0.1, 0.15) is 6.61 Å². The van der Waals surface area contributed by atoms with E-state index in [1.54, 1.807) is 25.6 Å². The minimum atomic E-state index is -0.295. The molecule has 7 nitrogen and oxygen atoms in total. The van der Waals surface area contributed by atoms with Crippen LogP contribution < -0.4 is 14.9 Å². The van der Waals surface area contributed by atoms with Gasteiger partial charge < -0.3 is 14.2 Å². The molecular weight excluding hydrogens is 482 g/mol. The fourth-order valence-electron chi connectivity index (χ4n) is 2.59. The van der Waals surface area contributed by atoms with Gasteiger partial charge in [-0.15, -0.1) is 11.3 Å². The number of hydrogen-bond donors (Lipinski definition) is 1. The number of nitrogens with one attached hydrogen (secondary N) is 1. The Labute approximate surface area is 193 Å². The number of hydrogen-bond acceptors (Lipinski definition) is 8. The first kappa shape index (κ1) is 22.8. The van der Waals surface area contributed by atoms with Crippen molar-refractivity contribution in [3.05, 3.63) is 69.1 Å². The number of hydrazone groups is 1. The molecule has 0 bridgehead atoms. The molecule has 0 aliphatic heterocycles. The number of carbonyl (C=O) groups is 1. The minimum absolute atomic E-state index is 0.146. The fraction of sp³-hybridized carbons (Fsp3) is 0.227. The van der Waals surface area contributed by atoms with Gasteiger partial charge >= 0.3 is 5.97 Å². The van der Waals surface area contributed by atoms with E-state index in [1.165, 1.54) is 11.3 Å². The third kappa shape index (κ3) is 7.08. The third-order valence-electron chi connectivity index (χ3n) is 4.05. The lowest BCUT2D eigenvalue weighted by Gasteiger charge is -2.11. The smallest absolute Gasteiger partial charge is 0.311 e. The molecule has 0 aliphatic carbocycles. The first-order chi connectivity index (χ1) is 15.1. The summed E-state index contributed by atoms with van der Waals surface area (Å²) in [5, 5.41) is 6.62. The highest BCUT2D eigenvalue weighted by Crippen LogP contribution is 2.28. The van der Waals surface area contributed by atoms with Gasteiger partial charge in [-0.2, -0.15) is 5.10 Å². The molecule has 31 heavy (non-hydrogen) atoms. The van der Waals surface area contributed by atoms with Gasteiger partial charge in [0.25, 0.3) is 0 Å². The standard InChI is InChI=1S/C22H22BrN3O4S/c1-3-29-21(27)11-18-14-31-22(25-18)26-24-12-16-6-9-19(28-2)20(10-16)30-13-15-4-7-17(23)8-5-15/h4-10,12,14H,3,11,13H2,1-2H3,(H,25,26). The fourth-order valence-corrected chi connectivity index (χ4v) is 3.51. The Balaban J connectivity index is 1.60. The molecule has 0 aliphatic rings. The van der Waals surface area contributed by atoms with E-state index in [0.29, 0.717) is 35.5 Å². The highest BCUT2D eigenvalue weighted by molar-refractivity contribution is 9.10. The van der Waals surface area contributed by atoms with E-state index in [4.69, 9.17) is 14.2 Å². The summed E-state index contributed by atoms with van der Waals surface area (Å²) in [7, 11) is 1.60. The van der Waals surface area contributed by atoms with Gasteiger partial charge in [0, 0.05) is 9.85 Å². The molecule has 0 amide bonds. The lowest BCUT2D eigenvalue weighted by Crippen LogP contribution is -2.07. The van der Waals surface area contributed by atoms with Crippen molar-refractivity contribution >= 4 is 44.6 Å². The van der Waals surface area contributed by atoms with E-state index >= 15 is 0 Å². The predicted molar refractivity (Wildman–Crippen MR) is 125 cm³/mol. The van der Waals surface area contributed by atoms with E-state index < -0.39 is 0 Å². The average Bonchev–Trinajstić information content (AvgIpc) is 3.20. The quantitative estimate of drug-likeness (QED) is 0.237. The molecule has 0 atom stereocenters. The Bertz CT molecular complexity index is 1040. The molecule has 0 saturated heterocycles. The molecule has 9 heteroatoms. The summed E-state index contributed by atoms with van der Waals surface area (Å²) in [5.41, 5.74) is 5.41. The normalized spacial score (nSPS) is 10.8. The number of benzene rings is 2. The van der Waals surface area contributed by atoms with Crippen LogP contribution in [0.3, 0.4) is 0 Å². The largest absolute Gasteiger partial charge is 0.493 e. The molecule has 0 spiro atoms. The van der Waals surface area contributed by atoms with Gasteiger partial charge in [0.05, 0.1) is 32.0 Å². The second-order valence-corrected chi connectivity index (χ2v) is 8.10. The SMILES string of the molecule is CCOC(=O)Cc1csc(NN=Cc2ccc(OC)c(OCc3ccc(Br)cc3)c2)n1. The van der Waals surface area contributed by atoms with Crippen LogP contribution in [0.1, 0.15) is 23.7 Å². The molecular formula is C22H22BrN3O4S. The Morgan fingerprint density at radius 1 is 1.23 bits per heavy atom. The summed E-state index contributed by atoms with van der Waals surface area (Å²) in [6.07, 6.45) is 1.81. The number of aromatic nitrogens is 1. The van der Waals surface area contributed by atoms with Crippen LogP contribution in [0.4, 0.5) is 5.13 Å². The number of methoxy groups -OCH3 is 1. The number of anilines is 1. The van der Waals surface area contributed by atoms with Crippen molar-refractivity contribution in [3.63, 3.8) is 0 Å². The maximum Gasteiger partial charge on any atom is 0.311 e. The molecule has 1 N–H and O–H groups in total. The van der Waals surface area contributed by atoms with Crippen molar-refractivity contribution in [1.82, 2.24) is 4.98 Å². The van der Waals surface area contributed by atoms with Crippen LogP contribution in [0, 0.1) is 0 Å². The van der Waals surface area contributed by atoms with Crippen LogP contribution >= 0.6 is 27.3 Å². The van der Waals surface area contributed by atoms with Crippen LogP contribution in [-0.2, 0) is 22.6 Å². The molecule has 0 radical (unpaired) electrons. The second-order valence-electron chi connectivity index (χ2n) is 6.32. The number of ether oxygens (including phenoxy) is 3. The summed E-state index contributed by atoms with van der Waals surface area (Å²) >= 11 is 4.80. The summed E-state index contributed by atoms with van der Waals surface area (Å²) < 4.78 is 17.3. The number of thiazole rings is 1. The molecule has 0 fully saturated rings. The zero-order valence-corrected chi connectivity index (χ0v) is 19.5. The number of halogens is 1. The zero-order chi connectivity index (χ0) is 22.1. The van der Waals surface area contributed by atoms with Crippen molar-refractivity contribution in [2.45, 2.75) is 20.0 Å². The van der Waals surface area contributed by atoms with Crippen molar-refractivity contribution < 1.29 is 19.0 Å². The lowest BCUT2D eigenvalue weighted by atomic mass is 10.2. The first-order valence-electron chi connectivity index (χ1n) is 9.51. The number of rotatable bonds is 10. The molecule has 0 unspecified atom stereocenters. The van der Waals surface area contributed by atoms with E-state index in [-0.39, 0.29) is 12.4 Å². The monoisotopic (exact) mass is 503 g/mol. The lowest BCUT2D eigenvalue weighted by molar-refractivity contribution is -0.142. The highest BCUT2D eigenvalue weighted by atomic mass is 79.9. The summed E-state index contributed by atoms with van der Waals surface area (Å²) in [6.45, 7) is 2.55. The molecule has 3 rings (SSSR count). The molecule has 1 heterocycles. The molecule has 0 saturated carbocycles. The van der Waals surface area contributed by atoms with Crippen molar-refractivity contribution in [2.24, 2.45) is 5.10 Å². The Morgan fingerprint density at radius 3 is 2.77 bits per heavy atom. The van der Waals surface area contributed by atoms with Crippen LogP contribution in [-0.4, -0.2) is 30.9 Å². The zero-order valence-electron chi connectivity index (χ0n) is 17.1. The molecule has 2 aromatic carbocycles. The van der Waals surface area contributed by atoms with Crippen LogP contribution in [0.5, 0.6) is 11.5 Å². The van der Waals surface area contributed by atoms with Crippen LogP contribution in [0.25, 0.3) is 0 Å². The van der Waals surface area contributed by atoms with Gasteiger partial charge in [0.15, 0.2) is 11.5 Å². The van der Waals surface area contributed by atoms with Gasteiger partial charge in [-0.25, -0.2) is 4.98 Å². The number of nitrogens with zero attached hydrogens (tertiary/aromatic N) is 2. The van der Waals surface area contributed by atoms with E-state index in [1.807, 2.05) is 42.5 Å². The van der Waals surface area contributed by atoms with Crippen molar-refractivity contribution in [1.29, 1.82) is 0 Å². The number of carbonyl (C=O) groups excluding carboxylic acids is 1. The second kappa shape index (κ2) is 11.5. The maximum absolute atomic E-state index is 11.5. The van der Waals surface area contributed by atoms with Gasteiger partial charge in [-0.3, -0.25) is 10.2 Å². The summed E-state index contributed by atoms with van der Waals surface area (Å²) in [4.78, 5) is 15.9. The van der Waals surface area contributed by atoms with Crippen LogP contribution in [0.2, 0.25) is 0 Å². The van der Waals surface area contributed by atoms with Gasteiger partial charge in [-0.1, -0.05) is 28.1 Å². The Kier molecular flexibility index (Phi) is 8.43. The van der Waals surface area contributed by atoms with E-state index in [0.717, 1.165) is 15.6 Å². The Hall–Kier alpha value is -2.91. The third-order valence-corrected chi connectivity index (χ3v) is 5.38. The summed E-state index contributed by atoms with van der Waals surface area (Å²) in [6, 6.07) is 13.5. The Morgan fingerprint density at radius 2 is 2.03 bits per heavy atom. The predicted octanol–water partition coefficient (Wildman–Crippen LogP) is 5.04. The maximum atomic E-state index is 11.5. The minimum Gasteiger partial charge on any atom is -0.493 e. The first-order valence-corrected chi connectivity index (χ1v) is 11.2. The molecule has 162 valence electrons. The van der Waals surface area contributed by atoms with Crippen molar-refractivity contribution in [2.75, 3.05) is 19.1 Å². The van der Waals surface area contributed by atoms with Crippen LogP contribution in [0.15, 0.2) is 57.4 Å². The number of esters is 1. The topological polar surface area (TPSA) is 82.0 Å². The highest BCUT2D eigenvalue weighted by Gasteiger charge is 2.08. The molecule has 3 aromatic rings. The van der Waals surface area contributed by atoms with E-state index in [9.17, 15) is 4.79 Å².